The summed E-state index contributed by atoms with van der Waals surface area (Å²) in [5, 5.41) is 2.40. The first-order valence-electron chi connectivity index (χ1n) is 19.1. The van der Waals surface area contributed by atoms with Crippen molar-refractivity contribution in [1.29, 1.82) is 0 Å². The van der Waals surface area contributed by atoms with Gasteiger partial charge in [-0.3, -0.25) is 0 Å². The van der Waals surface area contributed by atoms with Crippen LogP contribution in [0.15, 0.2) is 200 Å². The lowest BCUT2D eigenvalue weighted by Crippen LogP contribution is -2.09. The Kier molecular flexibility index (Phi) is 7.52. The quantitative estimate of drug-likeness (QED) is 0.172. The Hall–Kier alpha value is -7.43. The molecule has 262 valence electrons. The Bertz CT molecular complexity index is 2950. The molecule has 1 aliphatic rings. The van der Waals surface area contributed by atoms with Crippen LogP contribution in [0.3, 0.4) is 0 Å². The fraction of sp³-hybridized carbons (Fsp3) is 0.0192. The molecule has 1 aliphatic carbocycles. The number of nitrogens with zero attached hydrogens (tertiary/aromatic N) is 4. The lowest BCUT2D eigenvalue weighted by molar-refractivity contribution is 0.856. The molecule has 2 heterocycles. The van der Waals surface area contributed by atoms with E-state index in [9.17, 15) is 0 Å². The minimum absolute atomic E-state index is 0.174. The van der Waals surface area contributed by atoms with Crippen LogP contribution in [-0.2, 0) is 0 Å². The van der Waals surface area contributed by atoms with Gasteiger partial charge in [0.2, 0.25) is 0 Å². The van der Waals surface area contributed by atoms with Gasteiger partial charge in [0.15, 0.2) is 11.6 Å². The predicted octanol–water partition coefficient (Wildman–Crippen LogP) is 12.8. The third-order valence-electron chi connectivity index (χ3n) is 11.1. The summed E-state index contributed by atoms with van der Waals surface area (Å²) in [5.41, 5.74) is 14.9. The molecule has 2 aromatic heterocycles. The minimum atomic E-state index is -0.174. The Labute approximate surface area is 325 Å². The van der Waals surface area contributed by atoms with E-state index in [0.29, 0.717) is 11.6 Å². The summed E-state index contributed by atoms with van der Waals surface area (Å²) in [4.78, 5) is 15.5. The summed E-state index contributed by atoms with van der Waals surface area (Å²) >= 11 is 0. The van der Waals surface area contributed by atoms with Crippen molar-refractivity contribution in [2.45, 2.75) is 5.92 Å². The summed E-state index contributed by atoms with van der Waals surface area (Å²) in [6.45, 7) is 0. The number of hydrogen-bond donors (Lipinski definition) is 0. The van der Waals surface area contributed by atoms with Crippen molar-refractivity contribution in [3.63, 3.8) is 0 Å². The molecule has 56 heavy (non-hydrogen) atoms. The molecule has 0 bridgehead atoms. The standard InChI is InChI=1S/C52H34N4/c1-5-17-34(18-6-1)38-29-39(35-19-7-2-8-20-35)31-40(30-38)56-47-28-16-15-26-42(47)45-32-46-44(33-48(45)56)41-25-13-14-27-43(41)49(46)52-54-50(36-21-9-3-10-22-36)53-51(55-52)37-23-11-4-12-24-37/h1-33,49H. The minimum Gasteiger partial charge on any atom is -0.309 e. The normalized spacial score (nSPS) is 13.2. The van der Waals surface area contributed by atoms with Gasteiger partial charge in [0, 0.05) is 27.6 Å². The summed E-state index contributed by atoms with van der Waals surface area (Å²) < 4.78 is 2.45. The van der Waals surface area contributed by atoms with Gasteiger partial charge in [-0.25, -0.2) is 15.0 Å². The Morgan fingerprint density at radius 3 is 1.46 bits per heavy atom. The Morgan fingerprint density at radius 2 is 0.857 bits per heavy atom. The van der Waals surface area contributed by atoms with Gasteiger partial charge >= 0.3 is 0 Å². The van der Waals surface area contributed by atoms with Gasteiger partial charge in [0.05, 0.1) is 17.0 Å². The van der Waals surface area contributed by atoms with Gasteiger partial charge in [-0.2, -0.15) is 0 Å². The summed E-state index contributed by atoms with van der Waals surface area (Å²) in [7, 11) is 0. The van der Waals surface area contributed by atoms with Crippen LogP contribution in [0.5, 0.6) is 0 Å². The van der Waals surface area contributed by atoms with Crippen LogP contribution in [0.25, 0.3) is 83.6 Å². The van der Waals surface area contributed by atoms with E-state index in [1.807, 2.05) is 36.4 Å². The smallest absolute Gasteiger partial charge is 0.163 e. The van der Waals surface area contributed by atoms with Crippen molar-refractivity contribution in [2.24, 2.45) is 0 Å². The molecule has 0 saturated carbocycles. The molecule has 1 unspecified atom stereocenters. The molecule has 0 aliphatic heterocycles. The molecule has 0 fully saturated rings. The highest BCUT2D eigenvalue weighted by molar-refractivity contribution is 6.11. The maximum Gasteiger partial charge on any atom is 0.163 e. The van der Waals surface area contributed by atoms with Crippen molar-refractivity contribution in [2.75, 3.05) is 0 Å². The Balaban J connectivity index is 1.17. The fourth-order valence-electron chi connectivity index (χ4n) is 8.51. The van der Waals surface area contributed by atoms with Crippen LogP contribution in [0.1, 0.15) is 22.9 Å². The average molecular weight is 715 g/mol. The molecule has 0 amide bonds. The third-order valence-corrected chi connectivity index (χ3v) is 11.1. The first-order chi connectivity index (χ1) is 27.8. The van der Waals surface area contributed by atoms with E-state index in [2.05, 4.69) is 168 Å². The number of benzene rings is 8. The predicted molar refractivity (Wildman–Crippen MR) is 229 cm³/mol. The van der Waals surface area contributed by atoms with Crippen LogP contribution in [0.2, 0.25) is 0 Å². The molecule has 0 N–H and O–H groups in total. The van der Waals surface area contributed by atoms with Crippen LogP contribution in [-0.4, -0.2) is 19.5 Å². The zero-order valence-electron chi connectivity index (χ0n) is 30.4. The van der Waals surface area contributed by atoms with E-state index < -0.39 is 0 Å². The van der Waals surface area contributed by atoms with Crippen LogP contribution in [0, 0.1) is 0 Å². The molecule has 10 aromatic rings. The Morgan fingerprint density at radius 1 is 0.339 bits per heavy atom. The van der Waals surface area contributed by atoms with E-state index in [-0.39, 0.29) is 5.92 Å². The highest BCUT2D eigenvalue weighted by Gasteiger charge is 2.34. The number of para-hydroxylation sites is 1. The molecule has 0 saturated heterocycles. The molecule has 0 radical (unpaired) electrons. The van der Waals surface area contributed by atoms with E-state index in [4.69, 9.17) is 15.0 Å². The largest absolute Gasteiger partial charge is 0.309 e. The van der Waals surface area contributed by atoms with Gasteiger partial charge in [-0.1, -0.05) is 164 Å². The van der Waals surface area contributed by atoms with Gasteiger partial charge in [-0.15, -0.1) is 0 Å². The average Bonchev–Trinajstić information content (AvgIpc) is 3.78. The van der Waals surface area contributed by atoms with Gasteiger partial charge in [0.1, 0.15) is 5.82 Å². The number of aromatic nitrogens is 4. The lowest BCUT2D eigenvalue weighted by atomic mass is 9.94. The maximum atomic E-state index is 5.25. The second-order valence-electron chi connectivity index (χ2n) is 14.4. The first kappa shape index (κ1) is 32.0. The van der Waals surface area contributed by atoms with Gasteiger partial charge in [0.25, 0.3) is 0 Å². The first-order valence-corrected chi connectivity index (χ1v) is 19.1. The van der Waals surface area contributed by atoms with E-state index in [0.717, 1.165) is 33.7 Å². The summed E-state index contributed by atoms with van der Waals surface area (Å²) in [5.74, 6) is 1.91. The van der Waals surface area contributed by atoms with Crippen molar-refractivity contribution >= 4 is 21.8 Å². The zero-order chi connectivity index (χ0) is 37.0. The second kappa shape index (κ2) is 13.2. The number of hydrogen-bond acceptors (Lipinski definition) is 3. The SMILES string of the molecule is c1ccc(-c2cc(-c3ccccc3)cc(-n3c4ccccc4c4cc5c(cc43)-c3ccccc3C5c3nc(-c4ccccc4)nc(-c4ccccc4)n3)c2)cc1. The van der Waals surface area contributed by atoms with Crippen molar-refractivity contribution in [3.8, 4) is 61.8 Å². The highest BCUT2D eigenvalue weighted by Crippen LogP contribution is 2.50. The monoisotopic (exact) mass is 714 g/mol. The summed E-state index contributed by atoms with van der Waals surface area (Å²) in [6.07, 6.45) is 0. The topological polar surface area (TPSA) is 43.6 Å². The molecular formula is C52H34N4. The molecule has 4 nitrogen and oxygen atoms in total. The van der Waals surface area contributed by atoms with Gasteiger partial charge in [-0.05, 0) is 80.9 Å². The van der Waals surface area contributed by atoms with E-state index >= 15 is 0 Å². The van der Waals surface area contributed by atoms with Crippen LogP contribution in [0.4, 0.5) is 0 Å². The van der Waals surface area contributed by atoms with Crippen molar-refractivity contribution in [1.82, 2.24) is 19.5 Å². The second-order valence-corrected chi connectivity index (χ2v) is 14.4. The molecule has 0 spiro atoms. The van der Waals surface area contributed by atoms with Crippen LogP contribution >= 0.6 is 0 Å². The van der Waals surface area contributed by atoms with E-state index in [1.165, 1.54) is 55.3 Å². The fourth-order valence-corrected chi connectivity index (χ4v) is 8.51. The van der Waals surface area contributed by atoms with Gasteiger partial charge < -0.3 is 4.57 Å². The van der Waals surface area contributed by atoms with Crippen molar-refractivity contribution in [3.05, 3.63) is 217 Å². The van der Waals surface area contributed by atoms with E-state index in [1.54, 1.807) is 0 Å². The molecular weight excluding hydrogens is 681 g/mol. The molecule has 4 heteroatoms. The maximum absolute atomic E-state index is 5.25. The third kappa shape index (κ3) is 5.34. The zero-order valence-corrected chi connectivity index (χ0v) is 30.4. The molecule has 8 aromatic carbocycles. The van der Waals surface area contributed by atoms with Crippen LogP contribution < -0.4 is 0 Å². The molecule has 1 atom stereocenters. The lowest BCUT2D eigenvalue weighted by Gasteiger charge is -2.16. The highest BCUT2D eigenvalue weighted by atomic mass is 15.0. The molecule has 11 rings (SSSR count). The number of rotatable bonds is 6. The summed E-state index contributed by atoms with van der Waals surface area (Å²) in [6, 6.07) is 71.1. The van der Waals surface area contributed by atoms with Crippen molar-refractivity contribution < 1.29 is 0 Å². The number of fused-ring (bicyclic) bond motifs is 6.